The van der Waals surface area contributed by atoms with Crippen LogP contribution in [0, 0.1) is 0 Å². The number of hydrogen-bond donors (Lipinski definition) is 1. The van der Waals surface area contributed by atoms with E-state index in [9.17, 15) is 0 Å². The topological polar surface area (TPSA) is 26.0 Å². The van der Waals surface area contributed by atoms with E-state index in [4.69, 9.17) is 5.73 Å². The number of hydrogen-bond acceptors (Lipinski definition) is 1. The van der Waals surface area contributed by atoms with Crippen molar-refractivity contribution in [3.05, 3.63) is 24.3 Å². The first-order chi connectivity index (χ1) is 4.33. The first kappa shape index (κ1) is 7.17. The zero-order chi connectivity index (χ0) is 6.69. The molecule has 0 saturated heterocycles. The molecule has 1 nitrogen and oxygen atoms in total. The van der Waals surface area contributed by atoms with Crippen LogP contribution in [0.3, 0.4) is 0 Å². The molecule has 0 bridgehead atoms. The van der Waals surface area contributed by atoms with Crippen LogP contribution in [0.2, 0.25) is 0 Å². The predicted molar refractivity (Wildman–Crippen MR) is 43.4 cm³/mol. The van der Waals surface area contributed by atoms with Crippen molar-refractivity contribution in [2.24, 2.45) is 0 Å². The van der Waals surface area contributed by atoms with Crippen LogP contribution >= 0.6 is 0 Å². The van der Waals surface area contributed by atoms with Gasteiger partial charge in [-0.2, -0.15) is 0 Å². The molecule has 0 aromatic heterocycles. The van der Waals surface area contributed by atoms with Crippen molar-refractivity contribution < 1.29 is 0 Å². The van der Waals surface area contributed by atoms with Crippen LogP contribution in [-0.4, -0.2) is 27.3 Å². The van der Waals surface area contributed by atoms with Gasteiger partial charge in [-0.1, -0.05) is 0 Å². The Balaban J connectivity index is 2.88. The molecular formula is C6H7NSe2. The van der Waals surface area contributed by atoms with Gasteiger partial charge >= 0.3 is 67.5 Å². The third-order valence-corrected chi connectivity index (χ3v) is 4.30. The van der Waals surface area contributed by atoms with Crippen molar-refractivity contribution in [1.29, 1.82) is 0 Å². The fourth-order valence-electron chi connectivity index (χ4n) is 0.529. The van der Waals surface area contributed by atoms with Crippen LogP contribution in [0.4, 0.5) is 5.69 Å². The van der Waals surface area contributed by atoms with E-state index in [0.29, 0.717) is 13.1 Å². The van der Waals surface area contributed by atoms with Crippen molar-refractivity contribution >= 4 is 37.5 Å². The minimum atomic E-state index is 0.542. The number of nitrogen functional groups attached to an aromatic ring is 1. The van der Waals surface area contributed by atoms with Gasteiger partial charge < -0.3 is 0 Å². The van der Waals surface area contributed by atoms with Gasteiger partial charge in [0.1, 0.15) is 0 Å². The molecule has 0 unspecified atom stereocenters. The second kappa shape index (κ2) is 3.28. The van der Waals surface area contributed by atoms with Gasteiger partial charge in [0.15, 0.2) is 0 Å². The molecule has 0 heterocycles. The summed E-state index contributed by atoms with van der Waals surface area (Å²) in [5.41, 5.74) is 6.33. The molecule has 1 rings (SSSR count). The van der Waals surface area contributed by atoms with Gasteiger partial charge in [0, 0.05) is 0 Å². The minimum absolute atomic E-state index is 0.542. The van der Waals surface area contributed by atoms with E-state index in [1.54, 1.807) is 0 Å². The molecule has 3 heteroatoms. The second-order valence-corrected chi connectivity index (χ2v) is 5.02. The molecule has 0 aliphatic heterocycles. The second-order valence-electron chi connectivity index (χ2n) is 1.66. The SMILES string of the molecule is Nc1ccc([Se][SeH])cc1. The predicted octanol–water partition coefficient (Wildman–Crippen LogP) is -0.586. The monoisotopic (exact) mass is 253 g/mol. The molecule has 0 radical (unpaired) electrons. The third-order valence-electron chi connectivity index (χ3n) is 0.986. The third kappa shape index (κ3) is 2.03. The average Bonchev–Trinajstić information content (AvgIpc) is 1.90. The van der Waals surface area contributed by atoms with Crippen molar-refractivity contribution in [3.8, 4) is 0 Å². The maximum absolute atomic E-state index is 5.48. The van der Waals surface area contributed by atoms with Crippen LogP contribution in [0.15, 0.2) is 24.3 Å². The summed E-state index contributed by atoms with van der Waals surface area (Å²) in [5, 5.41) is 0. The van der Waals surface area contributed by atoms with E-state index in [1.807, 2.05) is 12.1 Å². The van der Waals surface area contributed by atoms with Gasteiger partial charge in [0.2, 0.25) is 0 Å². The maximum atomic E-state index is 5.48. The van der Waals surface area contributed by atoms with E-state index in [1.165, 1.54) is 4.46 Å². The quantitative estimate of drug-likeness (QED) is 0.524. The summed E-state index contributed by atoms with van der Waals surface area (Å²) in [4.78, 5) is 0. The molecule has 48 valence electrons. The molecular weight excluding hydrogens is 244 g/mol. The molecule has 0 aliphatic carbocycles. The van der Waals surface area contributed by atoms with Gasteiger partial charge in [-0.3, -0.25) is 0 Å². The summed E-state index contributed by atoms with van der Waals surface area (Å²) in [5.74, 6) is 0. The summed E-state index contributed by atoms with van der Waals surface area (Å²) in [6, 6.07) is 8.00. The summed E-state index contributed by atoms with van der Waals surface area (Å²) < 4.78 is 1.37. The van der Waals surface area contributed by atoms with Gasteiger partial charge in [-0.15, -0.1) is 0 Å². The van der Waals surface area contributed by atoms with Crippen LogP contribution in [0.1, 0.15) is 0 Å². The van der Waals surface area contributed by atoms with Crippen molar-refractivity contribution in [2.75, 3.05) is 5.73 Å². The fourth-order valence-corrected chi connectivity index (χ4v) is 2.40. The Kier molecular flexibility index (Phi) is 2.62. The Hall–Kier alpha value is 0.0590. The molecule has 0 aliphatic rings. The summed E-state index contributed by atoms with van der Waals surface area (Å²) in [6.07, 6.45) is 0. The first-order valence-corrected chi connectivity index (χ1v) is 8.10. The van der Waals surface area contributed by atoms with Crippen molar-refractivity contribution in [3.63, 3.8) is 0 Å². The zero-order valence-corrected chi connectivity index (χ0v) is 8.33. The van der Waals surface area contributed by atoms with E-state index in [-0.39, 0.29) is 0 Å². The number of anilines is 1. The number of nitrogens with two attached hydrogens (primary N) is 1. The van der Waals surface area contributed by atoms with Crippen LogP contribution < -0.4 is 10.2 Å². The van der Waals surface area contributed by atoms with Gasteiger partial charge in [0.25, 0.3) is 0 Å². The molecule has 9 heavy (non-hydrogen) atoms. The van der Waals surface area contributed by atoms with Gasteiger partial charge in [-0.05, 0) is 0 Å². The Morgan fingerprint density at radius 2 is 1.78 bits per heavy atom. The Morgan fingerprint density at radius 3 is 2.22 bits per heavy atom. The van der Waals surface area contributed by atoms with Gasteiger partial charge in [0.05, 0.1) is 0 Å². The fraction of sp³-hybridized carbons (Fsp3) is 0. The molecule has 0 saturated carbocycles. The Morgan fingerprint density at radius 1 is 1.22 bits per heavy atom. The van der Waals surface area contributed by atoms with Gasteiger partial charge in [-0.25, -0.2) is 0 Å². The molecule has 1 aromatic carbocycles. The molecule has 0 atom stereocenters. The first-order valence-electron chi connectivity index (χ1n) is 2.50. The van der Waals surface area contributed by atoms with E-state index >= 15 is 0 Å². The Bertz CT molecular complexity index is 183. The van der Waals surface area contributed by atoms with Crippen LogP contribution in [-0.2, 0) is 0 Å². The van der Waals surface area contributed by atoms with E-state index in [2.05, 4.69) is 26.3 Å². The molecule has 0 spiro atoms. The van der Waals surface area contributed by atoms with Crippen LogP contribution in [0.25, 0.3) is 0 Å². The molecule has 2 N–H and O–H groups in total. The summed E-state index contributed by atoms with van der Waals surface area (Å²) in [7, 11) is 0. The summed E-state index contributed by atoms with van der Waals surface area (Å²) in [6.45, 7) is 0. The zero-order valence-electron chi connectivity index (χ0n) is 4.74. The standard InChI is InChI=1S/C6H7NSe2/c7-5-1-3-6(9-8)4-2-5/h1-4,8H,7H2. The molecule has 1 aromatic rings. The molecule has 0 fully saturated rings. The van der Waals surface area contributed by atoms with Crippen molar-refractivity contribution in [1.82, 2.24) is 0 Å². The van der Waals surface area contributed by atoms with E-state index in [0.717, 1.165) is 5.69 Å². The van der Waals surface area contributed by atoms with Crippen LogP contribution in [0.5, 0.6) is 0 Å². The van der Waals surface area contributed by atoms with E-state index < -0.39 is 0 Å². The average molecular weight is 251 g/mol. The number of rotatable bonds is 1. The van der Waals surface area contributed by atoms with Crippen molar-refractivity contribution in [2.45, 2.75) is 0 Å². The molecule has 0 amide bonds. The number of benzene rings is 1. The summed E-state index contributed by atoms with van der Waals surface area (Å²) >= 11 is 3.14. The normalized spacial score (nSPS) is 9.44. The Labute approximate surface area is 67.5 Å².